The van der Waals surface area contributed by atoms with Crippen LogP contribution in [0.25, 0.3) is 0 Å². The molecular weight excluding hydrogens is 310 g/mol. The zero-order valence-electron chi connectivity index (χ0n) is 9.94. The minimum absolute atomic E-state index is 0.304. The lowest BCUT2D eigenvalue weighted by Crippen LogP contribution is -2.15. The molecule has 0 aromatic heterocycles. The van der Waals surface area contributed by atoms with Crippen molar-refractivity contribution in [2.24, 2.45) is 5.73 Å². The maximum atomic E-state index is 6.19. The minimum atomic E-state index is 0.304. The first-order chi connectivity index (χ1) is 8.70. The molecule has 0 radical (unpaired) electrons. The molecule has 2 aromatic rings. The lowest BCUT2D eigenvalue weighted by Gasteiger charge is -2.16. The van der Waals surface area contributed by atoms with Crippen molar-refractivity contribution in [3.63, 3.8) is 0 Å². The zero-order valence-corrected chi connectivity index (χ0v) is 12.3. The standard InChI is InChI=1S/C15H15BrClN/c16-14-7-5-11(6-8-14)13(10-18)9-12-3-1-2-4-15(12)17/h1-8,13H,9-10,18H2. The molecule has 0 saturated carbocycles. The number of rotatable bonds is 4. The van der Waals surface area contributed by atoms with Gasteiger partial charge in [-0.2, -0.15) is 0 Å². The van der Waals surface area contributed by atoms with Crippen molar-refractivity contribution in [3.8, 4) is 0 Å². The third-order valence-electron chi connectivity index (χ3n) is 3.05. The number of nitrogens with two attached hydrogens (primary N) is 1. The van der Waals surface area contributed by atoms with E-state index in [1.807, 2.05) is 30.3 Å². The summed E-state index contributed by atoms with van der Waals surface area (Å²) in [6, 6.07) is 16.3. The van der Waals surface area contributed by atoms with Gasteiger partial charge in [0.2, 0.25) is 0 Å². The van der Waals surface area contributed by atoms with Gasteiger partial charge in [-0.15, -0.1) is 0 Å². The van der Waals surface area contributed by atoms with E-state index in [0.717, 1.165) is 21.5 Å². The van der Waals surface area contributed by atoms with E-state index in [9.17, 15) is 0 Å². The first kappa shape index (κ1) is 13.6. The molecule has 18 heavy (non-hydrogen) atoms. The fourth-order valence-corrected chi connectivity index (χ4v) is 2.48. The van der Waals surface area contributed by atoms with Gasteiger partial charge in [0.15, 0.2) is 0 Å². The van der Waals surface area contributed by atoms with Crippen LogP contribution in [-0.2, 0) is 6.42 Å². The molecule has 2 aromatic carbocycles. The third kappa shape index (κ3) is 3.35. The zero-order chi connectivity index (χ0) is 13.0. The Balaban J connectivity index is 2.20. The third-order valence-corrected chi connectivity index (χ3v) is 3.95. The molecule has 0 saturated heterocycles. The highest BCUT2D eigenvalue weighted by atomic mass is 79.9. The first-order valence-electron chi connectivity index (χ1n) is 5.89. The lowest BCUT2D eigenvalue weighted by molar-refractivity contribution is 0.694. The van der Waals surface area contributed by atoms with Crippen molar-refractivity contribution in [2.75, 3.05) is 6.54 Å². The molecule has 0 aliphatic heterocycles. The fraction of sp³-hybridized carbons (Fsp3) is 0.200. The molecule has 2 N–H and O–H groups in total. The maximum Gasteiger partial charge on any atom is 0.0438 e. The van der Waals surface area contributed by atoms with E-state index in [1.165, 1.54) is 5.56 Å². The van der Waals surface area contributed by atoms with Crippen molar-refractivity contribution in [2.45, 2.75) is 12.3 Å². The molecule has 0 fully saturated rings. The van der Waals surface area contributed by atoms with Crippen molar-refractivity contribution < 1.29 is 0 Å². The Hall–Kier alpha value is -0.830. The topological polar surface area (TPSA) is 26.0 Å². The van der Waals surface area contributed by atoms with Crippen LogP contribution in [0.2, 0.25) is 5.02 Å². The van der Waals surface area contributed by atoms with Gasteiger partial charge in [0, 0.05) is 15.4 Å². The van der Waals surface area contributed by atoms with Gasteiger partial charge in [-0.1, -0.05) is 57.9 Å². The molecule has 1 unspecified atom stereocenters. The Bertz CT molecular complexity index is 510. The Morgan fingerprint density at radius 3 is 2.33 bits per heavy atom. The molecule has 94 valence electrons. The molecule has 0 bridgehead atoms. The second-order valence-corrected chi connectivity index (χ2v) is 5.60. The fourth-order valence-electron chi connectivity index (χ4n) is 2.00. The van der Waals surface area contributed by atoms with Gasteiger partial charge >= 0.3 is 0 Å². The van der Waals surface area contributed by atoms with E-state index in [4.69, 9.17) is 17.3 Å². The van der Waals surface area contributed by atoms with Gasteiger partial charge < -0.3 is 5.73 Å². The van der Waals surface area contributed by atoms with Crippen LogP contribution in [0.15, 0.2) is 53.0 Å². The van der Waals surface area contributed by atoms with Crippen molar-refractivity contribution in [1.29, 1.82) is 0 Å². The van der Waals surface area contributed by atoms with Crippen LogP contribution in [-0.4, -0.2) is 6.54 Å². The van der Waals surface area contributed by atoms with E-state index >= 15 is 0 Å². The molecule has 1 atom stereocenters. The predicted molar refractivity (Wildman–Crippen MR) is 81.1 cm³/mol. The first-order valence-corrected chi connectivity index (χ1v) is 7.06. The SMILES string of the molecule is NCC(Cc1ccccc1Cl)c1ccc(Br)cc1. The summed E-state index contributed by atoms with van der Waals surface area (Å²) in [6.45, 7) is 0.618. The van der Waals surface area contributed by atoms with Gasteiger partial charge in [-0.3, -0.25) is 0 Å². The largest absolute Gasteiger partial charge is 0.330 e. The number of benzene rings is 2. The molecule has 0 aliphatic carbocycles. The van der Waals surface area contributed by atoms with Crippen LogP contribution in [0, 0.1) is 0 Å². The summed E-state index contributed by atoms with van der Waals surface area (Å²) in [5, 5.41) is 0.813. The van der Waals surface area contributed by atoms with E-state index in [0.29, 0.717) is 12.5 Å². The normalized spacial score (nSPS) is 12.4. The molecular formula is C15H15BrClN. The maximum absolute atomic E-state index is 6.19. The Labute approximate surface area is 121 Å². The molecule has 3 heteroatoms. The Kier molecular flexibility index (Phi) is 4.81. The quantitative estimate of drug-likeness (QED) is 0.887. The van der Waals surface area contributed by atoms with E-state index < -0.39 is 0 Å². The Morgan fingerprint density at radius 2 is 1.72 bits per heavy atom. The number of halogens is 2. The van der Waals surface area contributed by atoms with Crippen molar-refractivity contribution >= 4 is 27.5 Å². The summed E-state index contributed by atoms with van der Waals surface area (Å²) in [7, 11) is 0. The van der Waals surface area contributed by atoms with Crippen LogP contribution in [0.5, 0.6) is 0 Å². The van der Waals surface area contributed by atoms with Crippen LogP contribution >= 0.6 is 27.5 Å². The summed E-state index contributed by atoms with van der Waals surface area (Å²) >= 11 is 9.63. The average Bonchev–Trinajstić information content (AvgIpc) is 2.39. The van der Waals surface area contributed by atoms with Gasteiger partial charge in [0.25, 0.3) is 0 Å². The summed E-state index contributed by atoms with van der Waals surface area (Å²) in [5.41, 5.74) is 8.29. The average molecular weight is 325 g/mol. The number of hydrogen-bond donors (Lipinski definition) is 1. The minimum Gasteiger partial charge on any atom is -0.330 e. The van der Waals surface area contributed by atoms with Gasteiger partial charge in [0.05, 0.1) is 0 Å². The van der Waals surface area contributed by atoms with Crippen LogP contribution < -0.4 is 5.73 Å². The van der Waals surface area contributed by atoms with Crippen molar-refractivity contribution in [3.05, 3.63) is 69.2 Å². The molecule has 0 amide bonds. The van der Waals surface area contributed by atoms with Gasteiger partial charge in [-0.05, 0) is 42.3 Å². The van der Waals surface area contributed by atoms with E-state index in [-0.39, 0.29) is 0 Å². The highest BCUT2D eigenvalue weighted by Gasteiger charge is 2.12. The van der Waals surface area contributed by atoms with Crippen LogP contribution in [0.3, 0.4) is 0 Å². The molecule has 2 rings (SSSR count). The summed E-state index contributed by atoms with van der Waals surface area (Å²) in [6.07, 6.45) is 0.873. The van der Waals surface area contributed by atoms with Crippen molar-refractivity contribution in [1.82, 2.24) is 0 Å². The molecule has 1 nitrogen and oxygen atoms in total. The highest BCUT2D eigenvalue weighted by molar-refractivity contribution is 9.10. The van der Waals surface area contributed by atoms with E-state index in [2.05, 4.69) is 34.1 Å². The second kappa shape index (κ2) is 6.37. The lowest BCUT2D eigenvalue weighted by atomic mass is 9.92. The predicted octanol–water partition coefficient (Wildman–Crippen LogP) is 4.39. The van der Waals surface area contributed by atoms with Gasteiger partial charge in [0.1, 0.15) is 0 Å². The summed E-state index contributed by atoms with van der Waals surface area (Å²) in [4.78, 5) is 0. The van der Waals surface area contributed by atoms with Crippen LogP contribution in [0.1, 0.15) is 17.0 Å². The molecule has 0 spiro atoms. The summed E-state index contributed by atoms with van der Waals surface area (Å²) in [5.74, 6) is 0.304. The monoisotopic (exact) mass is 323 g/mol. The molecule has 0 heterocycles. The van der Waals surface area contributed by atoms with Crippen LogP contribution in [0.4, 0.5) is 0 Å². The summed E-state index contributed by atoms with van der Waals surface area (Å²) < 4.78 is 1.08. The smallest absolute Gasteiger partial charge is 0.0438 e. The Morgan fingerprint density at radius 1 is 1.06 bits per heavy atom. The second-order valence-electron chi connectivity index (χ2n) is 4.28. The number of hydrogen-bond acceptors (Lipinski definition) is 1. The highest BCUT2D eigenvalue weighted by Crippen LogP contribution is 2.25. The van der Waals surface area contributed by atoms with Gasteiger partial charge in [-0.25, -0.2) is 0 Å². The van der Waals surface area contributed by atoms with E-state index in [1.54, 1.807) is 0 Å². The molecule has 0 aliphatic rings.